The van der Waals surface area contributed by atoms with Gasteiger partial charge in [0, 0.05) is 12.5 Å². The fraction of sp³-hybridized carbons (Fsp3) is 0.800. The van der Waals surface area contributed by atoms with E-state index in [1.165, 1.54) is 0 Å². The Kier molecular flexibility index (Phi) is 2.91. The molecular weight excluding hydrogens is 152 g/mol. The zero-order valence-electron chi connectivity index (χ0n) is 7.83. The van der Waals surface area contributed by atoms with Crippen LogP contribution < -0.4 is 0 Å². The Balaban J connectivity index is 2.63. The molecule has 0 aromatic heterocycles. The Hall–Kier alpha value is -0.340. The molecule has 1 aliphatic carbocycles. The van der Waals surface area contributed by atoms with Crippen LogP contribution in [0, 0.1) is 11.8 Å². The quantitative estimate of drug-likeness (QED) is 0.614. The van der Waals surface area contributed by atoms with E-state index in [-0.39, 0.29) is 18.4 Å². The van der Waals surface area contributed by atoms with Gasteiger partial charge < -0.3 is 10.2 Å². The average molecular weight is 170 g/mol. The molecule has 0 aliphatic heterocycles. The molecule has 2 nitrogen and oxygen atoms in total. The van der Waals surface area contributed by atoms with Gasteiger partial charge in [0.25, 0.3) is 0 Å². The van der Waals surface area contributed by atoms with Crippen LogP contribution in [0.3, 0.4) is 0 Å². The highest BCUT2D eigenvalue weighted by atomic mass is 16.3. The minimum Gasteiger partial charge on any atom is -0.396 e. The zero-order chi connectivity index (χ0) is 9.19. The van der Waals surface area contributed by atoms with Crippen molar-refractivity contribution in [1.29, 1.82) is 0 Å². The molecule has 12 heavy (non-hydrogen) atoms. The van der Waals surface area contributed by atoms with Crippen LogP contribution in [0.5, 0.6) is 0 Å². The summed E-state index contributed by atoms with van der Waals surface area (Å²) >= 11 is 0. The Morgan fingerprint density at radius 2 is 2.25 bits per heavy atom. The molecule has 0 aromatic rings. The molecule has 0 amide bonds. The van der Waals surface area contributed by atoms with E-state index in [1.54, 1.807) is 0 Å². The van der Waals surface area contributed by atoms with Crippen molar-refractivity contribution in [2.75, 3.05) is 6.61 Å². The van der Waals surface area contributed by atoms with Crippen LogP contribution in [0.4, 0.5) is 0 Å². The Morgan fingerprint density at radius 1 is 1.58 bits per heavy atom. The van der Waals surface area contributed by atoms with Crippen LogP contribution in [0.25, 0.3) is 0 Å². The highest BCUT2D eigenvalue weighted by molar-refractivity contribution is 5.08. The lowest BCUT2D eigenvalue weighted by atomic mass is 9.79. The van der Waals surface area contributed by atoms with Crippen LogP contribution in [0.15, 0.2) is 12.2 Å². The van der Waals surface area contributed by atoms with Gasteiger partial charge in [-0.25, -0.2) is 0 Å². The van der Waals surface area contributed by atoms with Gasteiger partial charge >= 0.3 is 0 Å². The van der Waals surface area contributed by atoms with Crippen molar-refractivity contribution in [3.8, 4) is 0 Å². The minimum atomic E-state index is -0.633. The summed E-state index contributed by atoms with van der Waals surface area (Å²) in [7, 11) is 0. The molecule has 0 bridgehead atoms. The number of hydrogen-bond acceptors (Lipinski definition) is 2. The van der Waals surface area contributed by atoms with E-state index < -0.39 is 5.60 Å². The van der Waals surface area contributed by atoms with Gasteiger partial charge in [0.05, 0.1) is 5.60 Å². The molecule has 2 atom stereocenters. The SMILES string of the molecule is CC(C)C1(O)C=CC(CO)CC1. The van der Waals surface area contributed by atoms with E-state index in [9.17, 15) is 5.11 Å². The second-order valence-electron chi connectivity index (χ2n) is 3.99. The molecule has 0 saturated heterocycles. The van der Waals surface area contributed by atoms with Gasteiger partial charge in [-0.15, -0.1) is 0 Å². The molecular formula is C10H18O2. The molecule has 0 heterocycles. The molecule has 0 radical (unpaired) electrons. The number of rotatable bonds is 2. The van der Waals surface area contributed by atoms with Crippen molar-refractivity contribution >= 4 is 0 Å². The van der Waals surface area contributed by atoms with Crippen LogP contribution in [0.2, 0.25) is 0 Å². The van der Waals surface area contributed by atoms with Crippen molar-refractivity contribution in [2.24, 2.45) is 11.8 Å². The first-order chi connectivity index (χ1) is 5.58. The fourth-order valence-corrected chi connectivity index (χ4v) is 1.53. The Bertz CT molecular complexity index is 175. The molecule has 2 heteroatoms. The first kappa shape index (κ1) is 9.75. The van der Waals surface area contributed by atoms with E-state index in [0.717, 1.165) is 12.8 Å². The highest BCUT2D eigenvalue weighted by Crippen LogP contribution is 2.31. The van der Waals surface area contributed by atoms with Crippen molar-refractivity contribution in [1.82, 2.24) is 0 Å². The number of aliphatic hydroxyl groups is 2. The lowest BCUT2D eigenvalue weighted by molar-refractivity contribution is 0.0208. The van der Waals surface area contributed by atoms with Crippen LogP contribution in [-0.4, -0.2) is 22.4 Å². The van der Waals surface area contributed by atoms with Crippen molar-refractivity contribution in [3.63, 3.8) is 0 Å². The van der Waals surface area contributed by atoms with E-state index in [0.29, 0.717) is 0 Å². The normalized spacial score (nSPS) is 35.9. The topological polar surface area (TPSA) is 40.5 Å². The summed E-state index contributed by atoms with van der Waals surface area (Å²) in [6.07, 6.45) is 5.44. The lowest BCUT2D eigenvalue weighted by Gasteiger charge is -2.33. The third-order valence-corrected chi connectivity index (χ3v) is 2.81. The predicted molar refractivity (Wildman–Crippen MR) is 48.7 cm³/mol. The van der Waals surface area contributed by atoms with Gasteiger partial charge in [0.2, 0.25) is 0 Å². The Morgan fingerprint density at radius 3 is 2.58 bits per heavy atom. The van der Waals surface area contributed by atoms with Crippen LogP contribution in [0.1, 0.15) is 26.7 Å². The maximum absolute atomic E-state index is 9.99. The van der Waals surface area contributed by atoms with E-state index in [1.807, 2.05) is 26.0 Å². The molecule has 70 valence electrons. The molecule has 0 aromatic carbocycles. The summed E-state index contributed by atoms with van der Waals surface area (Å²) in [6.45, 7) is 4.23. The van der Waals surface area contributed by atoms with Gasteiger partial charge in [-0.3, -0.25) is 0 Å². The van der Waals surface area contributed by atoms with Gasteiger partial charge in [-0.2, -0.15) is 0 Å². The van der Waals surface area contributed by atoms with Gasteiger partial charge in [0.15, 0.2) is 0 Å². The maximum Gasteiger partial charge on any atom is 0.0850 e. The number of aliphatic hydroxyl groups excluding tert-OH is 1. The van der Waals surface area contributed by atoms with Gasteiger partial charge in [-0.1, -0.05) is 26.0 Å². The number of hydrogen-bond donors (Lipinski definition) is 2. The predicted octanol–water partition coefficient (Wildman–Crippen LogP) is 1.33. The minimum absolute atomic E-state index is 0.199. The first-order valence-electron chi connectivity index (χ1n) is 4.61. The summed E-state index contributed by atoms with van der Waals surface area (Å²) < 4.78 is 0. The van der Waals surface area contributed by atoms with Crippen molar-refractivity contribution < 1.29 is 10.2 Å². The maximum atomic E-state index is 9.99. The average Bonchev–Trinajstić information content (AvgIpc) is 2.06. The largest absolute Gasteiger partial charge is 0.396 e. The molecule has 0 saturated carbocycles. The molecule has 1 rings (SSSR count). The second-order valence-corrected chi connectivity index (χ2v) is 3.99. The van der Waals surface area contributed by atoms with Crippen LogP contribution >= 0.6 is 0 Å². The van der Waals surface area contributed by atoms with Crippen molar-refractivity contribution in [2.45, 2.75) is 32.3 Å². The zero-order valence-corrected chi connectivity index (χ0v) is 7.83. The van der Waals surface area contributed by atoms with E-state index in [2.05, 4.69) is 0 Å². The third-order valence-electron chi connectivity index (χ3n) is 2.81. The van der Waals surface area contributed by atoms with Crippen LogP contribution in [-0.2, 0) is 0 Å². The summed E-state index contributed by atoms with van der Waals surface area (Å²) in [6, 6.07) is 0. The van der Waals surface area contributed by atoms with Gasteiger partial charge in [-0.05, 0) is 18.8 Å². The van der Waals surface area contributed by atoms with Crippen molar-refractivity contribution in [3.05, 3.63) is 12.2 Å². The summed E-state index contributed by atoms with van der Waals surface area (Å²) in [4.78, 5) is 0. The standard InChI is InChI=1S/C10H18O2/c1-8(2)10(12)5-3-9(7-11)4-6-10/h3,5,8-9,11-12H,4,6-7H2,1-2H3. The summed E-state index contributed by atoms with van der Waals surface area (Å²) in [5, 5.41) is 18.9. The summed E-state index contributed by atoms with van der Waals surface area (Å²) in [5.74, 6) is 0.511. The smallest absolute Gasteiger partial charge is 0.0850 e. The molecule has 0 fully saturated rings. The molecule has 2 N–H and O–H groups in total. The fourth-order valence-electron chi connectivity index (χ4n) is 1.53. The molecule has 1 aliphatic rings. The third kappa shape index (κ3) is 1.87. The van der Waals surface area contributed by atoms with Gasteiger partial charge in [0.1, 0.15) is 0 Å². The van der Waals surface area contributed by atoms with E-state index in [4.69, 9.17) is 5.11 Å². The monoisotopic (exact) mass is 170 g/mol. The lowest BCUT2D eigenvalue weighted by Crippen LogP contribution is -2.35. The highest BCUT2D eigenvalue weighted by Gasteiger charge is 2.31. The molecule has 0 spiro atoms. The summed E-state index contributed by atoms with van der Waals surface area (Å²) in [5.41, 5.74) is -0.633. The molecule has 2 unspecified atom stereocenters. The Labute approximate surface area is 73.9 Å². The van der Waals surface area contributed by atoms with E-state index >= 15 is 0 Å². The second kappa shape index (κ2) is 3.58. The first-order valence-corrected chi connectivity index (χ1v) is 4.61.